The number of carboxylic acids is 1. The van der Waals surface area contributed by atoms with Crippen molar-refractivity contribution in [2.24, 2.45) is 0 Å². The minimum Gasteiger partial charge on any atom is -0.486 e. The number of hydrogen-bond donors (Lipinski definition) is 1. The Bertz CT molecular complexity index is 876. The molecule has 1 aromatic heterocycles. The van der Waals surface area contributed by atoms with E-state index in [2.05, 4.69) is 4.98 Å². The maximum Gasteiger partial charge on any atom is 0.308 e. The number of rotatable bonds is 6. The zero-order chi connectivity index (χ0) is 17.8. The van der Waals surface area contributed by atoms with E-state index in [1.807, 2.05) is 12.1 Å². The minimum atomic E-state index is -0.899. The van der Waals surface area contributed by atoms with Crippen LogP contribution in [0.15, 0.2) is 48.5 Å². The third-order valence-corrected chi connectivity index (χ3v) is 4.88. The van der Waals surface area contributed by atoms with Gasteiger partial charge in [-0.25, -0.2) is 4.98 Å². The molecule has 128 valence electrons. The van der Waals surface area contributed by atoms with Crippen LogP contribution in [0.4, 0.5) is 0 Å². The van der Waals surface area contributed by atoms with Crippen LogP contribution in [0.1, 0.15) is 9.88 Å². The Morgan fingerprint density at radius 3 is 2.24 bits per heavy atom. The summed E-state index contributed by atoms with van der Waals surface area (Å²) in [5, 5.41) is 11.1. The lowest BCUT2D eigenvalue weighted by atomic mass is 10.1. The summed E-state index contributed by atoms with van der Waals surface area (Å²) in [6.07, 6.45) is -0.0867. The zero-order valence-electron chi connectivity index (χ0n) is 12.9. The Kier molecular flexibility index (Phi) is 5.58. The normalized spacial score (nSPS) is 10.6. The maximum atomic E-state index is 11.1. The molecule has 4 nitrogen and oxygen atoms in total. The third-order valence-electron chi connectivity index (χ3n) is 3.35. The van der Waals surface area contributed by atoms with Crippen LogP contribution >= 0.6 is 34.5 Å². The SMILES string of the molecule is O=C(O)Cc1sc(COc2ccc(Cl)cc2)nc1-c1ccc(Cl)cc1. The van der Waals surface area contributed by atoms with Gasteiger partial charge in [-0.2, -0.15) is 0 Å². The molecule has 3 aromatic rings. The molecule has 3 rings (SSSR count). The Hall–Kier alpha value is -2.08. The van der Waals surface area contributed by atoms with E-state index in [9.17, 15) is 4.79 Å². The minimum absolute atomic E-state index is 0.0867. The fourth-order valence-electron chi connectivity index (χ4n) is 2.23. The molecular weight excluding hydrogens is 381 g/mol. The van der Waals surface area contributed by atoms with Gasteiger partial charge in [0.1, 0.15) is 17.4 Å². The standard InChI is InChI=1S/C18H13Cl2NO3S/c19-12-3-1-11(2-4-12)18-15(9-17(22)23)25-16(21-18)10-24-14-7-5-13(20)6-8-14/h1-8H,9-10H2,(H,22,23). The lowest BCUT2D eigenvalue weighted by Crippen LogP contribution is -1.99. The summed E-state index contributed by atoms with van der Waals surface area (Å²) in [6, 6.07) is 14.2. The lowest BCUT2D eigenvalue weighted by molar-refractivity contribution is -0.136. The second-order valence-corrected chi connectivity index (χ2v) is 7.24. The first-order chi connectivity index (χ1) is 12.0. The summed E-state index contributed by atoms with van der Waals surface area (Å²) in [4.78, 5) is 16.4. The summed E-state index contributed by atoms with van der Waals surface area (Å²) in [7, 11) is 0. The van der Waals surface area contributed by atoms with E-state index in [4.69, 9.17) is 33.0 Å². The van der Waals surface area contributed by atoms with Gasteiger partial charge in [0.05, 0.1) is 12.1 Å². The van der Waals surface area contributed by atoms with Gasteiger partial charge in [-0.15, -0.1) is 11.3 Å². The first-order valence-electron chi connectivity index (χ1n) is 7.36. The number of thiazole rings is 1. The quantitative estimate of drug-likeness (QED) is 0.615. The average Bonchev–Trinajstić information content (AvgIpc) is 2.97. The van der Waals surface area contributed by atoms with Crippen molar-refractivity contribution in [2.45, 2.75) is 13.0 Å². The lowest BCUT2D eigenvalue weighted by Gasteiger charge is -2.03. The molecule has 0 amide bonds. The number of aliphatic carboxylic acids is 1. The molecule has 0 fully saturated rings. The van der Waals surface area contributed by atoms with Crippen molar-refractivity contribution in [3.05, 3.63) is 68.5 Å². The summed E-state index contributed by atoms with van der Waals surface area (Å²) in [6.45, 7) is 0.256. The molecule has 0 saturated heterocycles. The molecule has 0 radical (unpaired) electrons. The highest BCUT2D eigenvalue weighted by Gasteiger charge is 2.16. The van der Waals surface area contributed by atoms with Gasteiger partial charge >= 0.3 is 5.97 Å². The molecule has 0 unspecified atom stereocenters. The van der Waals surface area contributed by atoms with Crippen LogP contribution in [-0.2, 0) is 17.8 Å². The molecule has 0 atom stereocenters. The highest BCUT2D eigenvalue weighted by atomic mass is 35.5. The van der Waals surface area contributed by atoms with Crippen molar-refractivity contribution >= 4 is 40.5 Å². The van der Waals surface area contributed by atoms with Crippen LogP contribution in [0.5, 0.6) is 5.75 Å². The Morgan fingerprint density at radius 1 is 1.04 bits per heavy atom. The van der Waals surface area contributed by atoms with E-state index in [0.717, 1.165) is 5.56 Å². The molecule has 0 saturated carbocycles. The van der Waals surface area contributed by atoms with Crippen LogP contribution in [0.2, 0.25) is 10.0 Å². The van der Waals surface area contributed by atoms with E-state index in [0.29, 0.717) is 31.4 Å². The van der Waals surface area contributed by atoms with Crippen molar-refractivity contribution in [3.63, 3.8) is 0 Å². The van der Waals surface area contributed by atoms with Crippen LogP contribution in [0, 0.1) is 0 Å². The monoisotopic (exact) mass is 393 g/mol. The third kappa shape index (κ3) is 4.72. The Morgan fingerprint density at radius 2 is 1.64 bits per heavy atom. The van der Waals surface area contributed by atoms with Crippen molar-refractivity contribution < 1.29 is 14.6 Å². The van der Waals surface area contributed by atoms with Gasteiger partial charge in [0.2, 0.25) is 0 Å². The number of ether oxygens (including phenoxy) is 1. The van der Waals surface area contributed by atoms with Crippen molar-refractivity contribution in [1.82, 2.24) is 4.98 Å². The van der Waals surface area contributed by atoms with Crippen molar-refractivity contribution in [3.8, 4) is 17.0 Å². The summed E-state index contributed by atoms with van der Waals surface area (Å²) >= 11 is 13.1. The number of nitrogens with zero attached hydrogens (tertiary/aromatic N) is 1. The van der Waals surface area contributed by atoms with Crippen LogP contribution in [0.25, 0.3) is 11.3 Å². The second kappa shape index (κ2) is 7.87. The first-order valence-corrected chi connectivity index (χ1v) is 8.93. The van der Waals surface area contributed by atoms with E-state index in [1.165, 1.54) is 11.3 Å². The molecule has 0 spiro atoms. The van der Waals surface area contributed by atoms with Crippen molar-refractivity contribution in [1.29, 1.82) is 0 Å². The highest BCUT2D eigenvalue weighted by molar-refractivity contribution is 7.12. The average molecular weight is 394 g/mol. The fraction of sp³-hybridized carbons (Fsp3) is 0.111. The van der Waals surface area contributed by atoms with Gasteiger partial charge in [-0.3, -0.25) is 4.79 Å². The predicted octanol–water partition coefficient (Wildman–Crippen LogP) is 5.32. The Labute approximate surface area is 158 Å². The number of halogens is 2. The number of aromatic nitrogens is 1. The first kappa shape index (κ1) is 17.7. The van der Waals surface area contributed by atoms with Crippen LogP contribution in [-0.4, -0.2) is 16.1 Å². The summed E-state index contributed by atoms with van der Waals surface area (Å²) in [5.41, 5.74) is 1.48. The molecule has 0 aliphatic heterocycles. The topological polar surface area (TPSA) is 59.4 Å². The molecule has 25 heavy (non-hydrogen) atoms. The second-order valence-electron chi connectivity index (χ2n) is 5.20. The predicted molar refractivity (Wildman–Crippen MR) is 99.7 cm³/mol. The Balaban J connectivity index is 1.83. The zero-order valence-corrected chi connectivity index (χ0v) is 15.2. The van der Waals surface area contributed by atoms with E-state index < -0.39 is 5.97 Å². The van der Waals surface area contributed by atoms with E-state index in [1.54, 1.807) is 36.4 Å². The van der Waals surface area contributed by atoms with Crippen molar-refractivity contribution in [2.75, 3.05) is 0 Å². The van der Waals surface area contributed by atoms with Gasteiger partial charge < -0.3 is 9.84 Å². The number of carbonyl (C=O) groups is 1. The molecule has 7 heteroatoms. The molecule has 0 bridgehead atoms. The highest BCUT2D eigenvalue weighted by Crippen LogP contribution is 2.30. The number of benzene rings is 2. The molecule has 0 aliphatic rings. The molecule has 1 heterocycles. The molecule has 2 aromatic carbocycles. The van der Waals surface area contributed by atoms with Crippen LogP contribution < -0.4 is 4.74 Å². The smallest absolute Gasteiger partial charge is 0.308 e. The summed E-state index contributed by atoms with van der Waals surface area (Å²) in [5.74, 6) is -0.225. The number of hydrogen-bond acceptors (Lipinski definition) is 4. The van der Waals surface area contributed by atoms with Gasteiger partial charge in [-0.1, -0.05) is 35.3 Å². The van der Waals surface area contributed by atoms with Gasteiger partial charge in [0, 0.05) is 20.5 Å². The van der Waals surface area contributed by atoms with E-state index >= 15 is 0 Å². The molecular formula is C18H13Cl2NO3S. The summed E-state index contributed by atoms with van der Waals surface area (Å²) < 4.78 is 5.70. The van der Waals surface area contributed by atoms with Gasteiger partial charge in [0.15, 0.2) is 0 Å². The molecule has 0 aliphatic carbocycles. The van der Waals surface area contributed by atoms with E-state index in [-0.39, 0.29) is 13.0 Å². The molecule has 1 N–H and O–H groups in total. The fourth-order valence-corrected chi connectivity index (χ4v) is 3.48. The maximum absolute atomic E-state index is 11.1. The van der Waals surface area contributed by atoms with Crippen LogP contribution in [0.3, 0.4) is 0 Å². The largest absolute Gasteiger partial charge is 0.486 e. The van der Waals surface area contributed by atoms with Gasteiger partial charge in [0.25, 0.3) is 0 Å². The number of carboxylic acid groups (broad SMARTS) is 1. The van der Waals surface area contributed by atoms with Gasteiger partial charge in [-0.05, 0) is 36.4 Å².